The molecular formula is C13H19N5O4S. The summed E-state index contributed by atoms with van der Waals surface area (Å²) >= 11 is 1.45. The van der Waals surface area contributed by atoms with Crippen molar-refractivity contribution >= 4 is 28.7 Å². The summed E-state index contributed by atoms with van der Waals surface area (Å²) in [5.41, 5.74) is 6.74. The van der Waals surface area contributed by atoms with E-state index in [4.69, 9.17) is 10.5 Å². The number of aliphatic hydroxyl groups excluding tert-OH is 3. The van der Waals surface area contributed by atoms with Gasteiger partial charge in [-0.15, -0.1) is 0 Å². The molecule has 0 spiro atoms. The van der Waals surface area contributed by atoms with Crippen LogP contribution in [0.5, 0.6) is 0 Å². The van der Waals surface area contributed by atoms with Crippen LogP contribution in [-0.4, -0.2) is 65.0 Å². The first-order chi connectivity index (χ1) is 10.9. The minimum absolute atomic E-state index is 0.239. The number of nitrogen functional groups attached to an aromatic ring is 1. The average Bonchev–Trinajstić information content (AvgIpc) is 3.01. The second-order valence-electron chi connectivity index (χ2n) is 5.61. The van der Waals surface area contributed by atoms with Crippen LogP contribution in [0.25, 0.3) is 11.2 Å². The first kappa shape index (κ1) is 16.4. The van der Waals surface area contributed by atoms with Crippen molar-refractivity contribution in [3.63, 3.8) is 0 Å². The van der Waals surface area contributed by atoms with E-state index in [9.17, 15) is 15.3 Å². The molecule has 126 valence electrons. The highest BCUT2D eigenvalue weighted by atomic mass is 32.2. The topological polar surface area (TPSA) is 140 Å². The second kappa shape index (κ2) is 6.21. The highest BCUT2D eigenvalue weighted by molar-refractivity contribution is 7.99. The van der Waals surface area contributed by atoms with Gasteiger partial charge in [0.2, 0.25) is 0 Å². The maximum Gasteiger partial charge on any atom is 0.191 e. The van der Waals surface area contributed by atoms with Crippen LogP contribution in [0.2, 0.25) is 0 Å². The normalized spacial score (nSPS) is 28.1. The molecule has 0 aliphatic carbocycles. The number of anilines is 1. The smallest absolute Gasteiger partial charge is 0.191 e. The van der Waals surface area contributed by atoms with Crippen LogP contribution in [-0.2, 0) is 4.74 Å². The molecule has 1 aliphatic heterocycles. The Morgan fingerprint density at radius 2 is 2.09 bits per heavy atom. The van der Waals surface area contributed by atoms with Gasteiger partial charge in [-0.3, -0.25) is 4.57 Å². The minimum atomic E-state index is -1.21. The third kappa shape index (κ3) is 2.88. The number of aliphatic hydroxyl groups is 3. The van der Waals surface area contributed by atoms with E-state index in [1.165, 1.54) is 22.7 Å². The second-order valence-corrected chi connectivity index (χ2v) is 7.15. The summed E-state index contributed by atoms with van der Waals surface area (Å²) in [6, 6.07) is 0. The standard InChI is InChI=1S/C13H19N5O4S/c1-5(2)23-13-16-10(14)7-11(17-13)18(4-15-7)12-9(21)8(20)6(3-19)22-12/h4-6,8-9,12,19-21H,3H2,1-2H3,(H2,14,16,17). The molecule has 0 amide bonds. The summed E-state index contributed by atoms with van der Waals surface area (Å²) in [5, 5.41) is 30.0. The Hall–Kier alpha value is -1.46. The van der Waals surface area contributed by atoms with Crippen molar-refractivity contribution in [1.82, 2.24) is 19.5 Å². The van der Waals surface area contributed by atoms with Crippen LogP contribution < -0.4 is 5.73 Å². The van der Waals surface area contributed by atoms with Crippen LogP contribution in [0.4, 0.5) is 5.82 Å². The van der Waals surface area contributed by atoms with Gasteiger partial charge in [0.25, 0.3) is 0 Å². The number of rotatable bonds is 4. The van der Waals surface area contributed by atoms with Crippen LogP contribution >= 0.6 is 11.8 Å². The van der Waals surface area contributed by atoms with Crippen molar-refractivity contribution < 1.29 is 20.1 Å². The van der Waals surface area contributed by atoms with Gasteiger partial charge in [-0.25, -0.2) is 15.0 Å². The number of imidazole rings is 1. The summed E-state index contributed by atoms with van der Waals surface area (Å²) in [6.07, 6.45) is -2.73. The molecule has 23 heavy (non-hydrogen) atoms. The molecule has 3 heterocycles. The van der Waals surface area contributed by atoms with E-state index in [1.54, 1.807) is 0 Å². The van der Waals surface area contributed by atoms with Crippen molar-refractivity contribution in [1.29, 1.82) is 0 Å². The fraction of sp³-hybridized carbons (Fsp3) is 0.615. The monoisotopic (exact) mass is 341 g/mol. The minimum Gasteiger partial charge on any atom is -0.394 e. The molecule has 9 nitrogen and oxygen atoms in total. The van der Waals surface area contributed by atoms with E-state index in [2.05, 4.69) is 15.0 Å². The molecule has 0 saturated carbocycles. The molecule has 0 bridgehead atoms. The van der Waals surface area contributed by atoms with Gasteiger partial charge in [-0.2, -0.15) is 0 Å². The highest BCUT2D eigenvalue weighted by Gasteiger charge is 2.44. The average molecular weight is 341 g/mol. The molecule has 4 unspecified atom stereocenters. The molecule has 0 radical (unpaired) electrons. The fourth-order valence-electron chi connectivity index (χ4n) is 2.48. The molecule has 10 heteroatoms. The van der Waals surface area contributed by atoms with Crippen molar-refractivity contribution in [2.24, 2.45) is 0 Å². The number of thioether (sulfide) groups is 1. The number of hydrogen-bond donors (Lipinski definition) is 4. The number of nitrogens with two attached hydrogens (primary N) is 1. The van der Waals surface area contributed by atoms with Crippen molar-refractivity contribution in [3.8, 4) is 0 Å². The van der Waals surface area contributed by atoms with Gasteiger partial charge < -0.3 is 25.8 Å². The van der Waals surface area contributed by atoms with Gasteiger partial charge in [-0.05, 0) is 0 Å². The Balaban J connectivity index is 2.03. The van der Waals surface area contributed by atoms with Crippen molar-refractivity contribution in [2.75, 3.05) is 12.3 Å². The van der Waals surface area contributed by atoms with E-state index in [-0.39, 0.29) is 11.1 Å². The molecule has 1 aliphatic rings. The number of fused-ring (bicyclic) bond motifs is 1. The molecule has 3 rings (SSSR count). The molecule has 4 atom stereocenters. The first-order valence-corrected chi connectivity index (χ1v) is 8.09. The number of aromatic nitrogens is 4. The summed E-state index contributed by atoms with van der Waals surface area (Å²) in [5.74, 6) is 0.239. The van der Waals surface area contributed by atoms with Gasteiger partial charge >= 0.3 is 0 Å². The molecule has 5 N–H and O–H groups in total. The number of nitrogens with zero attached hydrogens (tertiary/aromatic N) is 4. The van der Waals surface area contributed by atoms with Gasteiger partial charge in [0, 0.05) is 5.25 Å². The molecule has 1 fully saturated rings. The van der Waals surface area contributed by atoms with Gasteiger partial charge in [-0.1, -0.05) is 25.6 Å². The zero-order valence-corrected chi connectivity index (χ0v) is 13.5. The quantitative estimate of drug-likeness (QED) is 0.429. The molecule has 2 aromatic heterocycles. The van der Waals surface area contributed by atoms with E-state index in [0.717, 1.165) is 0 Å². The lowest BCUT2D eigenvalue weighted by molar-refractivity contribution is -0.0511. The Kier molecular flexibility index (Phi) is 4.43. The maximum atomic E-state index is 10.2. The van der Waals surface area contributed by atoms with E-state index < -0.39 is 31.1 Å². The van der Waals surface area contributed by atoms with Gasteiger partial charge in [0.05, 0.1) is 12.9 Å². The predicted molar refractivity (Wildman–Crippen MR) is 83.7 cm³/mol. The summed E-state index contributed by atoms with van der Waals surface area (Å²) in [7, 11) is 0. The van der Waals surface area contributed by atoms with Gasteiger partial charge in [0.1, 0.15) is 23.8 Å². The highest BCUT2D eigenvalue weighted by Crippen LogP contribution is 2.32. The van der Waals surface area contributed by atoms with Crippen molar-refractivity contribution in [2.45, 2.75) is 48.8 Å². The number of ether oxygens (including phenoxy) is 1. The lowest BCUT2D eigenvalue weighted by Gasteiger charge is -2.16. The molecule has 1 saturated heterocycles. The van der Waals surface area contributed by atoms with Crippen LogP contribution in [0.3, 0.4) is 0 Å². The molecule has 0 aromatic carbocycles. The van der Waals surface area contributed by atoms with Crippen LogP contribution in [0, 0.1) is 0 Å². The predicted octanol–water partition coefficient (Wildman–Crippen LogP) is -0.480. The summed E-state index contributed by atoms with van der Waals surface area (Å²) in [4.78, 5) is 12.8. The Morgan fingerprint density at radius 1 is 1.35 bits per heavy atom. The summed E-state index contributed by atoms with van der Waals surface area (Å²) < 4.78 is 7.01. The first-order valence-electron chi connectivity index (χ1n) is 7.21. The fourth-order valence-corrected chi connectivity index (χ4v) is 3.19. The zero-order valence-electron chi connectivity index (χ0n) is 12.7. The van der Waals surface area contributed by atoms with Crippen molar-refractivity contribution in [3.05, 3.63) is 6.33 Å². The SMILES string of the molecule is CC(C)Sc1nc(N)c2ncn(C3OC(CO)C(O)C3O)c2n1. The van der Waals surface area contributed by atoms with Gasteiger partial charge in [0.15, 0.2) is 22.8 Å². The molecule has 2 aromatic rings. The largest absolute Gasteiger partial charge is 0.394 e. The zero-order chi connectivity index (χ0) is 16.7. The Bertz CT molecular complexity index is 709. The third-order valence-corrected chi connectivity index (χ3v) is 4.43. The van der Waals surface area contributed by atoms with E-state index >= 15 is 0 Å². The summed E-state index contributed by atoms with van der Waals surface area (Å²) in [6.45, 7) is 3.63. The molecular weight excluding hydrogens is 322 g/mol. The van der Waals surface area contributed by atoms with Crippen LogP contribution in [0.15, 0.2) is 11.5 Å². The van der Waals surface area contributed by atoms with E-state index in [0.29, 0.717) is 16.3 Å². The van der Waals surface area contributed by atoms with Crippen LogP contribution in [0.1, 0.15) is 20.1 Å². The lowest BCUT2D eigenvalue weighted by Crippen LogP contribution is -2.33. The van der Waals surface area contributed by atoms with E-state index in [1.807, 2.05) is 13.8 Å². The number of hydrogen-bond acceptors (Lipinski definition) is 9. The Morgan fingerprint density at radius 3 is 2.70 bits per heavy atom. The third-order valence-electron chi connectivity index (χ3n) is 3.56. The maximum absolute atomic E-state index is 10.2. The lowest BCUT2D eigenvalue weighted by atomic mass is 10.1. The Labute approximate surface area is 136 Å².